The quantitative estimate of drug-likeness (QED) is 0.891. The van der Waals surface area contributed by atoms with Gasteiger partial charge in [0, 0.05) is 38.2 Å². The molecule has 1 saturated carbocycles. The first-order valence-corrected chi connectivity index (χ1v) is 6.94. The van der Waals surface area contributed by atoms with Crippen LogP contribution in [0, 0.1) is 5.41 Å². The van der Waals surface area contributed by atoms with E-state index in [0.717, 1.165) is 31.5 Å². The molecule has 0 radical (unpaired) electrons. The van der Waals surface area contributed by atoms with E-state index in [4.69, 9.17) is 5.73 Å². The van der Waals surface area contributed by atoms with E-state index in [1.54, 1.807) is 0 Å². The summed E-state index contributed by atoms with van der Waals surface area (Å²) in [4.78, 5) is 2.29. The van der Waals surface area contributed by atoms with Crippen LogP contribution in [0.25, 0.3) is 0 Å². The molecule has 1 aliphatic carbocycles. The van der Waals surface area contributed by atoms with Gasteiger partial charge in [-0.05, 0) is 36.0 Å². The van der Waals surface area contributed by atoms with Crippen molar-refractivity contribution in [3.05, 3.63) is 29.8 Å². The molecule has 104 valence electrons. The molecular formula is C15H20F2N2. The highest BCUT2D eigenvalue weighted by atomic mass is 19.3. The number of hydrogen-bond donors (Lipinski definition) is 1. The summed E-state index contributed by atoms with van der Waals surface area (Å²) >= 11 is 0. The number of anilines is 1. The first-order chi connectivity index (χ1) is 9.02. The summed E-state index contributed by atoms with van der Waals surface area (Å²) in [6, 6.07) is 8.24. The Morgan fingerprint density at radius 1 is 1.05 bits per heavy atom. The van der Waals surface area contributed by atoms with Crippen molar-refractivity contribution in [1.82, 2.24) is 0 Å². The van der Waals surface area contributed by atoms with Crippen LogP contribution in [-0.2, 0) is 6.54 Å². The second-order valence-electron chi connectivity index (χ2n) is 6.07. The highest BCUT2D eigenvalue weighted by Gasteiger charge is 2.56. The standard InChI is InChI=1S/C15H20F2N2/c16-15(17)10-14(11-15)5-7-19(8-6-14)13-3-1-12(9-18)2-4-13/h1-4H,5-11,18H2. The number of nitrogens with zero attached hydrogens (tertiary/aromatic N) is 1. The fourth-order valence-corrected chi connectivity index (χ4v) is 3.48. The normalized spacial score (nSPS) is 24.3. The second kappa shape index (κ2) is 4.44. The average Bonchev–Trinajstić information content (AvgIpc) is 2.38. The molecule has 0 amide bonds. The number of hydrogen-bond acceptors (Lipinski definition) is 2. The third-order valence-corrected chi connectivity index (χ3v) is 4.63. The second-order valence-corrected chi connectivity index (χ2v) is 6.07. The summed E-state index contributed by atoms with van der Waals surface area (Å²) in [5.74, 6) is -2.40. The fraction of sp³-hybridized carbons (Fsp3) is 0.600. The van der Waals surface area contributed by atoms with E-state index in [0.29, 0.717) is 6.54 Å². The summed E-state index contributed by atoms with van der Waals surface area (Å²) in [5.41, 5.74) is 7.81. The van der Waals surface area contributed by atoms with E-state index in [-0.39, 0.29) is 18.3 Å². The van der Waals surface area contributed by atoms with Crippen LogP contribution in [0.2, 0.25) is 0 Å². The van der Waals surface area contributed by atoms with Gasteiger partial charge >= 0.3 is 0 Å². The van der Waals surface area contributed by atoms with Crippen molar-refractivity contribution in [1.29, 1.82) is 0 Å². The van der Waals surface area contributed by atoms with E-state index in [9.17, 15) is 8.78 Å². The van der Waals surface area contributed by atoms with Gasteiger partial charge in [0.1, 0.15) is 0 Å². The first-order valence-electron chi connectivity index (χ1n) is 6.94. The minimum atomic E-state index is -2.40. The SMILES string of the molecule is NCc1ccc(N2CCC3(CC2)CC(F)(F)C3)cc1. The van der Waals surface area contributed by atoms with E-state index in [2.05, 4.69) is 17.0 Å². The van der Waals surface area contributed by atoms with Gasteiger partial charge < -0.3 is 10.6 Å². The Kier molecular flexibility index (Phi) is 3.01. The minimum Gasteiger partial charge on any atom is -0.371 e. The van der Waals surface area contributed by atoms with Crippen molar-refractivity contribution in [3.8, 4) is 0 Å². The van der Waals surface area contributed by atoms with Gasteiger partial charge in [0.25, 0.3) is 0 Å². The predicted molar refractivity (Wildman–Crippen MR) is 72.4 cm³/mol. The maximum atomic E-state index is 13.0. The Morgan fingerprint density at radius 2 is 1.63 bits per heavy atom. The molecule has 1 spiro atoms. The van der Waals surface area contributed by atoms with Gasteiger partial charge in [-0.3, -0.25) is 0 Å². The highest BCUT2D eigenvalue weighted by molar-refractivity contribution is 5.48. The average molecular weight is 266 g/mol. The number of alkyl halides is 2. The van der Waals surface area contributed by atoms with Gasteiger partial charge in [0.15, 0.2) is 0 Å². The molecule has 3 rings (SSSR count). The Balaban J connectivity index is 1.61. The lowest BCUT2D eigenvalue weighted by Crippen LogP contribution is -2.52. The summed E-state index contributed by atoms with van der Waals surface area (Å²) in [7, 11) is 0. The van der Waals surface area contributed by atoms with Crippen LogP contribution in [0.1, 0.15) is 31.2 Å². The van der Waals surface area contributed by atoms with E-state index >= 15 is 0 Å². The van der Waals surface area contributed by atoms with Crippen LogP contribution >= 0.6 is 0 Å². The Morgan fingerprint density at radius 3 is 2.11 bits per heavy atom. The van der Waals surface area contributed by atoms with Gasteiger partial charge in [0.05, 0.1) is 0 Å². The molecule has 2 aliphatic rings. The molecule has 19 heavy (non-hydrogen) atoms. The van der Waals surface area contributed by atoms with Gasteiger partial charge in [-0.25, -0.2) is 8.78 Å². The van der Waals surface area contributed by atoms with Crippen LogP contribution in [0.5, 0.6) is 0 Å². The molecular weight excluding hydrogens is 246 g/mol. The maximum absolute atomic E-state index is 13.0. The number of piperidine rings is 1. The van der Waals surface area contributed by atoms with Gasteiger partial charge in [0.2, 0.25) is 5.92 Å². The zero-order chi connectivity index (χ0) is 13.5. The van der Waals surface area contributed by atoms with E-state index in [1.807, 2.05) is 12.1 Å². The molecule has 0 bridgehead atoms. The van der Waals surface area contributed by atoms with Crippen LogP contribution in [0.4, 0.5) is 14.5 Å². The summed E-state index contributed by atoms with van der Waals surface area (Å²) in [5, 5.41) is 0. The highest BCUT2D eigenvalue weighted by Crippen LogP contribution is 2.57. The van der Waals surface area contributed by atoms with Crippen molar-refractivity contribution in [2.75, 3.05) is 18.0 Å². The molecule has 0 unspecified atom stereocenters. The maximum Gasteiger partial charge on any atom is 0.249 e. The molecule has 4 heteroatoms. The lowest BCUT2D eigenvalue weighted by Gasteiger charge is -2.52. The third kappa shape index (κ3) is 2.46. The van der Waals surface area contributed by atoms with Crippen molar-refractivity contribution in [2.45, 2.75) is 38.2 Å². The monoisotopic (exact) mass is 266 g/mol. The number of halogens is 2. The molecule has 1 aromatic carbocycles. The van der Waals surface area contributed by atoms with Crippen molar-refractivity contribution in [2.24, 2.45) is 11.1 Å². The van der Waals surface area contributed by atoms with Gasteiger partial charge in [-0.2, -0.15) is 0 Å². The molecule has 2 N–H and O–H groups in total. The first kappa shape index (κ1) is 12.9. The largest absolute Gasteiger partial charge is 0.371 e. The third-order valence-electron chi connectivity index (χ3n) is 4.63. The topological polar surface area (TPSA) is 29.3 Å². The molecule has 2 nitrogen and oxygen atoms in total. The Labute approximate surface area is 112 Å². The Bertz CT molecular complexity index is 438. The summed E-state index contributed by atoms with van der Waals surface area (Å²) in [6.45, 7) is 2.33. The fourth-order valence-electron chi connectivity index (χ4n) is 3.48. The summed E-state index contributed by atoms with van der Waals surface area (Å²) in [6.07, 6.45) is 1.97. The van der Waals surface area contributed by atoms with E-state index < -0.39 is 5.92 Å². The lowest BCUT2D eigenvalue weighted by molar-refractivity contribution is -0.168. The molecule has 1 heterocycles. The molecule has 1 saturated heterocycles. The van der Waals surface area contributed by atoms with Crippen molar-refractivity contribution < 1.29 is 8.78 Å². The zero-order valence-electron chi connectivity index (χ0n) is 11.0. The van der Waals surface area contributed by atoms with Gasteiger partial charge in [-0.1, -0.05) is 12.1 Å². The lowest BCUT2D eigenvalue weighted by atomic mass is 9.61. The zero-order valence-corrected chi connectivity index (χ0v) is 11.0. The van der Waals surface area contributed by atoms with Crippen LogP contribution in [-0.4, -0.2) is 19.0 Å². The van der Waals surface area contributed by atoms with Crippen LogP contribution < -0.4 is 10.6 Å². The molecule has 0 aromatic heterocycles. The Hall–Kier alpha value is -1.16. The van der Waals surface area contributed by atoms with Crippen LogP contribution in [0.15, 0.2) is 24.3 Å². The smallest absolute Gasteiger partial charge is 0.249 e. The molecule has 2 fully saturated rings. The molecule has 0 atom stereocenters. The molecule has 1 aliphatic heterocycles. The number of nitrogens with two attached hydrogens (primary N) is 1. The number of benzene rings is 1. The van der Waals surface area contributed by atoms with Crippen molar-refractivity contribution >= 4 is 5.69 Å². The van der Waals surface area contributed by atoms with E-state index in [1.165, 1.54) is 5.69 Å². The van der Waals surface area contributed by atoms with Crippen molar-refractivity contribution in [3.63, 3.8) is 0 Å². The molecule has 1 aromatic rings. The van der Waals surface area contributed by atoms with Gasteiger partial charge in [-0.15, -0.1) is 0 Å². The number of rotatable bonds is 2. The minimum absolute atomic E-state index is 0.0722. The van der Waals surface area contributed by atoms with Crippen LogP contribution in [0.3, 0.4) is 0 Å². The summed E-state index contributed by atoms with van der Waals surface area (Å²) < 4.78 is 26.1. The predicted octanol–water partition coefficient (Wildman–Crippen LogP) is 3.16.